The fourth-order valence-corrected chi connectivity index (χ4v) is 7.49. The molecule has 2 N–H and O–H groups in total. The molecule has 5 heterocycles. The summed E-state index contributed by atoms with van der Waals surface area (Å²) in [7, 11) is 1.55. The number of halogens is 2. The zero-order chi connectivity index (χ0) is 33.2. The summed E-state index contributed by atoms with van der Waals surface area (Å²) >= 11 is 0. The van der Waals surface area contributed by atoms with Gasteiger partial charge in [0.1, 0.15) is 23.3 Å². The Hall–Kier alpha value is -3.83. The Kier molecular flexibility index (Phi) is 8.11. The fourth-order valence-electron chi connectivity index (χ4n) is 7.49. The van der Waals surface area contributed by atoms with Crippen molar-refractivity contribution in [2.45, 2.75) is 83.2 Å². The summed E-state index contributed by atoms with van der Waals surface area (Å²) in [6.45, 7) is 7.94. The predicted molar refractivity (Wildman–Crippen MR) is 177 cm³/mol. The highest BCUT2D eigenvalue weighted by atomic mass is 19.1. The number of benzene rings is 1. The van der Waals surface area contributed by atoms with Crippen LogP contribution in [-0.2, 0) is 16.1 Å². The summed E-state index contributed by atoms with van der Waals surface area (Å²) in [4.78, 5) is 29.7. The number of nitrogens with two attached hydrogens (primary N) is 1. The van der Waals surface area contributed by atoms with E-state index in [1.807, 2.05) is 24.0 Å². The van der Waals surface area contributed by atoms with Crippen molar-refractivity contribution in [2.75, 3.05) is 33.3 Å². The third-order valence-corrected chi connectivity index (χ3v) is 10.5. The Morgan fingerprint density at radius 2 is 1.81 bits per heavy atom. The van der Waals surface area contributed by atoms with Gasteiger partial charge in [0.05, 0.1) is 28.8 Å². The Morgan fingerprint density at radius 3 is 2.49 bits per heavy atom. The van der Waals surface area contributed by atoms with Crippen molar-refractivity contribution >= 4 is 28.2 Å². The van der Waals surface area contributed by atoms with Gasteiger partial charge in [0, 0.05) is 56.5 Å². The smallest absolute Gasteiger partial charge is 0.255 e. The summed E-state index contributed by atoms with van der Waals surface area (Å²) < 4.78 is 39.0. The molecule has 47 heavy (non-hydrogen) atoms. The topological polar surface area (TPSA) is 98.1 Å². The van der Waals surface area contributed by atoms with Gasteiger partial charge in [-0.3, -0.25) is 9.59 Å². The number of methoxy groups -OCH3 is 1. The normalized spacial score (nSPS) is 21.3. The minimum Gasteiger partial charge on any atom is -0.369 e. The molecule has 2 atom stereocenters. The van der Waals surface area contributed by atoms with Gasteiger partial charge < -0.3 is 24.8 Å². The molecule has 1 aromatic carbocycles. The van der Waals surface area contributed by atoms with Crippen molar-refractivity contribution in [1.82, 2.24) is 24.0 Å². The first-order valence-corrected chi connectivity index (χ1v) is 16.8. The Balaban J connectivity index is 1.25. The summed E-state index contributed by atoms with van der Waals surface area (Å²) in [6.07, 6.45) is 4.62. The largest absolute Gasteiger partial charge is 0.369 e. The second kappa shape index (κ2) is 12.0. The van der Waals surface area contributed by atoms with E-state index in [1.165, 1.54) is 4.90 Å². The lowest BCUT2D eigenvalue weighted by atomic mass is 9.87. The molecular formula is C36H44F2N6O3. The van der Waals surface area contributed by atoms with Crippen molar-refractivity contribution < 1.29 is 23.1 Å². The number of fused-ring (bicyclic) bond motifs is 2. The third kappa shape index (κ3) is 5.92. The van der Waals surface area contributed by atoms with Gasteiger partial charge in [-0.15, -0.1) is 0 Å². The highest BCUT2D eigenvalue weighted by Gasteiger charge is 2.36. The van der Waals surface area contributed by atoms with Crippen LogP contribution < -0.4 is 5.73 Å². The Morgan fingerprint density at radius 1 is 1.06 bits per heavy atom. The molecule has 0 radical (unpaired) electrons. The summed E-state index contributed by atoms with van der Waals surface area (Å²) in [5.74, 6) is 0.0897. The van der Waals surface area contributed by atoms with E-state index in [0.717, 1.165) is 71.2 Å². The van der Waals surface area contributed by atoms with E-state index in [2.05, 4.69) is 4.57 Å². The number of hydrogen-bond acceptors (Lipinski definition) is 5. The minimum absolute atomic E-state index is 0.0273. The molecule has 0 bridgehead atoms. The highest BCUT2D eigenvalue weighted by Crippen LogP contribution is 2.41. The number of aryl methyl sites for hydroxylation is 1. The van der Waals surface area contributed by atoms with Gasteiger partial charge in [0.15, 0.2) is 0 Å². The molecule has 4 aromatic rings. The number of carbonyl (C=O) groups is 2. The summed E-state index contributed by atoms with van der Waals surface area (Å²) in [5.41, 5.74) is 11.1. The van der Waals surface area contributed by atoms with Crippen LogP contribution in [0, 0.1) is 18.7 Å². The van der Waals surface area contributed by atoms with Crippen LogP contribution in [-0.4, -0.2) is 86.9 Å². The molecule has 9 nitrogen and oxygen atoms in total. The molecule has 1 aliphatic carbocycles. The number of amides is 2. The van der Waals surface area contributed by atoms with Crippen LogP contribution in [0.1, 0.15) is 73.4 Å². The van der Waals surface area contributed by atoms with Gasteiger partial charge in [0.25, 0.3) is 11.8 Å². The zero-order valence-corrected chi connectivity index (χ0v) is 27.6. The predicted octanol–water partition coefficient (Wildman–Crippen LogP) is 5.46. The number of likely N-dealkylation sites (tertiary alicyclic amines) is 2. The lowest BCUT2D eigenvalue weighted by Gasteiger charge is -2.36. The number of carbonyl (C=O) groups excluding carboxylic acids is 2. The fraction of sp³-hybridized carbons (Fsp3) is 0.528. The first kappa shape index (κ1) is 31.8. The van der Waals surface area contributed by atoms with Crippen LogP contribution in [0.4, 0.5) is 8.78 Å². The van der Waals surface area contributed by atoms with Crippen LogP contribution in [0.25, 0.3) is 27.8 Å². The number of hydrogen-bond donors (Lipinski definition) is 1. The molecule has 0 unspecified atom stereocenters. The Labute approximate surface area is 273 Å². The molecule has 11 heteroatoms. The maximum atomic E-state index is 15.3. The van der Waals surface area contributed by atoms with Gasteiger partial charge in [-0.25, -0.2) is 13.3 Å². The zero-order valence-electron chi connectivity index (χ0n) is 27.6. The molecule has 3 aliphatic rings. The van der Waals surface area contributed by atoms with Gasteiger partial charge in [-0.2, -0.15) is 5.10 Å². The minimum atomic E-state index is -1.13. The molecular weight excluding hydrogens is 602 g/mol. The van der Waals surface area contributed by atoms with E-state index in [4.69, 9.17) is 15.6 Å². The van der Waals surface area contributed by atoms with Crippen LogP contribution in [0.2, 0.25) is 0 Å². The van der Waals surface area contributed by atoms with Crippen LogP contribution >= 0.6 is 0 Å². The van der Waals surface area contributed by atoms with E-state index < -0.39 is 11.8 Å². The Bertz CT molecular complexity index is 1840. The molecule has 3 aromatic heterocycles. The molecule has 3 fully saturated rings. The first-order valence-electron chi connectivity index (χ1n) is 16.8. The second-order valence-electron chi connectivity index (χ2n) is 14.3. The van der Waals surface area contributed by atoms with Crippen LogP contribution in [0.3, 0.4) is 0 Å². The molecule has 2 amide bonds. The average Bonchev–Trinajstić information content (AvgIpc) is 3.72. The van der Waals surface area contributed by atoms with Gasteiger partial charge in [-0.05, 0) is 101 Å². The van der Waals surface area contributed by atoms with E-state index in [1.54, 1.807) is 49.9 Å². The number of aromatic nitrogens is 3. The number of ether oxygens (including phenoxy) is 1. The van der Waals surface area contributed by atoms with E-state index in [-0.39, 0.29) is 42.6 Å². The van der Waals surface area contributed by atoms with Crippen molar-refractivity contribution in [2.24, 2.45) is 11.7 Å². The number of piperidine rings is 2. The third-order valence-electron chi connectivity index (χ3n) is 10.5. The van der Waals surface area contributed by atoms with E-state index >= 15 is 4.39 Å². The lowest BCUT2D eigenvalue weighted by Crippen LogP contribution is -2.50. The van der Waals surface area contributed by atoms with Crippen LogP contribution in [0.5, 0.6) is 0 Å². The van der Waals surface area contributed by atoms with Crippen molar-refractivity contribution in [3.8, 4) is 11.4 Å². The van der Waals surface area contributed by atoms with Gasteiger partial charge >= 0.3 is 0 Å². The molecule has 1 saturated carbocycles. The number of rotatable bonds is 7. The monoisotopic (exact) mass is 646 g/mol. The molecule has 2 saturated heterocycles. The maximum Gasteiger partial charge on any atom is 0.255 e. The van der Waals surface area contributed by atoms with Crippen molar-refractivity contribution in [1.29, 1.82) is 0 Å². The van der Waals surface area contributed by atoms with E-state index in [0.29, 0.717) is 31.1 Å². The van der Waals surface area contributed by atoms with Crippen molar-refractivity contribution in [3.63, 3.8) is 0 Å². The average molecular weight is 647 g/mol. The highest BCUT2D eigenvalue weighted by molar-refractivity contribution is 5.95. The second-order valence-corrected chi connectivity index (χ2v) is 14.3. The lowest BCUT2D eigenvalue weighted by molar-refractivity contribution is -0.152. The summed E-state index contributed by atoms with van der Waals surface area (Å²) in [6, 6.07) is 8.60. The summed E-state index contributed by atoms with van der Waals surface area (Å²) in [5, 5.41) is 5.82. The SMILES string of the molecule is COC(C)(C)C(=O)N1CCC(c2cc(F)cc3cc(-c4nn5cc(C(=O)N6C[C@H](N)C[C@@H](F)C6)ccc5c4C)n(CC4CC4)c23)CC1. The quantitative estimate of drug-likeness (QED) is 0.288. The van der Waals surface area contributed by atoms with Gasteiger partial charge in [0.2, 0.25) is 0 Å². The first-order chi connectivity index (χ1) is 22.4. The van der Waals surface area contributed by atoms with Gasteiger partial charge in [-0.1, -0.05) is 0 Å². The molecule has 250 valence electrons. The number of pyridine rings is 1. The molecule has 7 rings (SSSR count). The number of alkyl halides is 1. The van der Waals surface area contributed by atoms with E-state index in [9.17, 15) is 14.0 Å². The van der Waals surface area contributed by atoms with Crippen molar-refractivity contribution in [3.05, 3.63) is 59.0 Å². The number of nitrogens with zero attached hydrogens (tertiary/aromatic N) is 5. The maximum absolute atomic E-state index is 15.3. The molecule has 2 aliphatic heterocycles. The van der Waals surface area contributed by atoms with Crippen LogP contribution in [0.15, 0.2) is 36.5 Å². The molecule has 0 spiro atoms. The standard InChI is InChI=1S/C36H44F2N6O3/c1-21-30-8-7-24(34(45)42-19-27(38)15-28(39)20-42)18-44(30)40-32(21)31-14-25-13-26(37)16-29(33(25)43(31)17-22-5-6-22)23-9-11-41(12-10-23)35(46)36(2,3)47-4/h7-8,13-14,16,18,22-23,27-28H,5-6,9-12,15,17,19-20,39H2,1-4H3/t27-,28-/m1/s1.